The Hall–Kier alpha value is -0.930. The molecule has 2 unspecified atom stereocenters. The third-order valence-corrected chi connectivity index (χ3v) is 4.72. The molecule has 0 aliphatic carbocycles. The normalized spacial score (nSPS) is 16.1. The first-order valence-electron chi connectivity index (χ1n) is 7.69. The van der Waals surface area contributed by atoms with Crippen LogP contribution in [0.4, 0.5) is 4.39 Å². The first-order chi connectivity index (χ1) is 9.52. The van der Waals surface area contributed by atoms with Gasteiger partial charge < -0.3 is 5.73 Å². The van der Waals surface area contributed by atoms with E-state index in [-0.39, 0.29) is 17.4 Å². The lowest BCUT2D eigenvalue weighted by Gasteiger charge is -2.44. The monoisotopic (exact) mass is 280 g/mol. The maximum absolute atomic E-state index is 14.0. The van der Waals surface area contributed by atoms with Crippen LogP contribution in [-0.2, 0) is 0 Å². The highest BCUT2D eigenvalue weighted by Gasteiger charge is 2.34. The van der Waals surface area contributed by atoms with Crippen LogP contribution in [0.2, 0.25) is 0 Å². The standard InChI is InChI=1S/C17H29FN2/c1-5-7-12-17(6-2,13-19)20(4)14(3)15-10-8-9-11-16(15)18/h8-11,14H,5-7,12-13,19H2,1-4H3. The fourth-order valence-corrected chi connectivity index (χ4v) is 2.93. The van der Waals surface area contributed by atoms with Gasteiger partial charge in [0.1, 0.15) is 5.82 Å². The summed E-state index contributed by atoms with van der Waals surface area (Å²) in [6.07, 6.45) is 4.35. The molecule has 0 aliphatic heterocycles. The summed E-state index contributed by atoms with van der Waals surface area (Å²) in [4.78, 5) is 2.26. The number of likely N-dealkylation sites (N-methyl/N-ethyl adjacent to an activating group) is 1. The Kier molecular flexibility index (Phi) is 6.63. The van der Waals surface area contributed by atoms with Crippen molar-refractivity contribution in [2.24, 2.45) is 5.73 Å². The quantitative estimate of drug-likeness (QED) is 0.776. The molecule has 3 heteroatoms. The molecule has 2 N–H and O–H groups in total. The van der Waals surface area contributed by atoms with Crippen molar-refractivity contribution in [3.8, 4) is 0 Å². The molecule has 0 spiro atoms. The molecule has 0 radical (unpaired) electrons. The average molecular weight is 280 g/mol. The molecular weight excluding hydrogens is 251 g/mol. The second-order valence-electron chi connectivity index (χ2n) is 5.69. The highest BCUT2D eigenvalue weighted by atomic mass is 19.1. The van der Waals surface area contributed by atoms with Crippen LogP contribution in [0.25, 0.3) is 0 Å². The van der Waals surface area contributed by atoms with Crippen LogP contribution in [0.5, 0.6) is 0 Å². The molecule has 1 aromatic carbocycles. The lowest BCUT2D eigenvalue weighted by atomic mass is 9.86. The Bertz CT molecular complexity index is 402. The van der Waals surface area contributed by atoms with Crippen molar-refractivity contribution in [2.45, 2.75) is 58.0 Å². The van der Waals surface area contributed by atoms with Crippen LogP contribution < -0.4 is 5.73 Å². The first kappa shape index (κ1) is 17.1. The van der Waals surface area contributed by atoms with Gasteiger partial charge in [-0.3, -0.25) is 4.90 Å². The smallest absolute Gasteiger partial charge is 0.127 e. The van der Waals surface area contributed by atoms with Gasteiger partial charge in [0.2, 0.25) is 0 Å². The van der Waals surface area contributed by atoms with E-state index in [1.807, 2.05) is 12.1 Å². The van der Waals surface area contributed by atoms with Crippen LogP contribution in [-0.4, -0.2) is 24.0 Å². The SMILES string of the molecule is CCCCC(CC)(CN)N(C)C(C)c1ccccc1F. The van der Waals surface area contributed by atoms with E-state index in [2.05, 4.69) is 32.7 Å². The number of hydrogen-bond acceptors (Lipinski definition) is 2. The molecule has 0 aliphatic rings. The van der Waals surface area contributed by atoms with Crippen molar-refractivity contribution in [3.63, 3.8) is 0 Å². The van der Waals surface area contributed by atoms with Crippen LogP contribution >= 0.6 is 0 Å². The van der Waals surface area contributed by atoms with Crippen molar-refractivity contribution < 1.29 is 4.39 Å². The zero-order valence-electron chi connectivity index (χ0n) is 13.3. The van der Waals surface area contributed by atoms with Crippen LogP contribution in [0.15, 0.2) is 24.3 Å². The van der Waals surface area contributed by atoms with E-state index in [9.17, 15) is 4.39 Å². The average Bonchev–Trinajstić information content (AvgIpc) is 2.48. The van der Waals surface area contributed by atoms with Gasteiger partial charge >= 0.3 is 0 Å². The van der Waals surface area contributed by atoms with Gasteiger partial charge in [0, 0.05) is 23.7 Å². The van der Waals surface area contributed by atoms with E-state index in [0.717, 1.165) is 31.2 Å². The fraction of sp³-hybridized carbons (Fsp3) is 0.647. The van der Waals surface area contributed by atoms with Crippen molar-refractivity contribution in [1.29, 1.82) is 0 Å². The zero-order valence-corrected chi connectivity index (χ0v) is 13.3. The first-order valence-corrected chi connectivity index (χ1v) is 7.69. The summed E-state index contributed by atoms with van der Waals surface area (Å²) in [5.74, 6) is -0.135. The lowest BCUT2D eigenvalue weighted by Crippen LogP contribution is -2.52. The fourth-order valence-electron chi connectivity index (χ4n) is 2.93. The van der Waals surface area contributed by atoms with E-state index in [0.29, 0.717) is 6.54 Å². The van der Waals surface area contributed by atoms with Gasteiger partial charge in [-0.1, -0.05) is 44.9 Å². The summed E-state index contributed by atoms with van der Waals surface area (Å²) in [6.45, 7) is 7.04. The summed E-state index contributed by atoms with van der Waals surface area (Å²) < 4.78 is 14.0. The summed E-state index contributed by atoms with van der Waals surface area (Å²) in [7, 11) is 2.07. The Morgan fingerprint density at radius 1 is 1.30 bits per heavy atom. The topological polar surface area (TPSA) is 29.3 Å². The second-order valence-corrected chi connectivity index (χ2v) is 5.69. The minimum atomic E-state index is -0.135. The summed E-state index contributed by atoms with van der Waals surface area (Å²) in [6, 6.07) is 7.05. The highest BCUT2D eigenvalue weighted by Crippen LogP contribution is 2.33. The number of hydrogen-bond donors (Lipinski definition) is 1. The molecule has 0 aromatic heterocycles. The van der Waals surface area contributed by atoms with E-state index in [1.165, 1.54) is 6.07 Å². The molecule has 0 bridgehead atoms. The number of nitrogens with zero attached hydrogens (tertiary/aromatic N) is 1. The largest absolute Gasteiger partial charge is 0.329 e. The maximum Gasteiger partial charge on any atom is 0.127 e. The second kappa shape index (κ2) is 7.75. The molecule has 1 rings (SSSR count). The Morgan fingerprint density at radius 3 is 2.45 bits per heavy atom. The molecule has 0 saturated heterocycles. The van der Waals surface area contributed by atoms with Gasteiger partial charge in [0.05, 0.1) is 0 Å². The van der Waals surface area contributed by atoms with Gasteiger partial charge in [0.25, 0.3) is 0 Å². The molecule has 20 heavy (non-hydrogen) atoms. The number of unbranched alkanes of at least 4 members (excludes halogenated alkanes) is 1. The Balaban J connectivity index is 2.99. The van der Waals surface area contributed by atoms with Crippen molar-refractivity contribution in [2.75, 3.05) is 13.6 Å². The van der Waals surface area contributed by atoms with Crippen LogP contribution in [0.1, 0.15) is 58.1 Å². The summed E-state index contributed by atoms with van der Waals surface area (Å²) >= 11 is 0. The molecule has 0 heterocycles. The number of nitrogens with two attached hydrogens (primary N) is 1. The van der Waals surface area contributed by atoms with Crippen molar-refractivity contribution in [1.82, 2.24) is 4.90 Å². The number of benzene rings is 1. The lowest BCUT2D eigenvalue weighted by molar-refractivity contribution is 0.0679. The van der Waals surface area contributed by atoms with E-state index >= 15 is 0 Å². The van der Waals surface area contributed by atoms with E-state index < -0.39 is 0 Å². The molecule has 2 atom stereocenters. The van der Waals surface area contributed by atoms with Gasteiger partial charge in [-0.25, -0.2) is 4.39 Å². The van der Waals surface area contributed by atoms with E-state index in [4.69, 9.17) is 5.73 Å². The minimum Gasteiger partial charge on any atom is -0.329 e. The molecular formula is C17H29FN2. The van der Waals surface area contributed by atoms with Crippen molar-refractivity contribution >= 4 is 0 Å². The molecule has 0 amide bonds. The van der Waals surface area contributed by atoms with Gasteiger partial charge in [-0.2, -0.15) is 0 Å². The summed E-state index contributed by atoms with van der Waals surface area (Å²) in [5.41, 5.74) is 6.78. The van der Waals surface area contributed by atoms with Crippen LogP contribution in [0.3, 0.4) is 0 Å². The predicted octanol–water partition coefficient (Wildman–Crippen LogP) is 4.12. The molecule has 0 saturated carbocycles. The minimum absolute atomic E-state index is 0.0246. The molecule has 114 valence electrons. The Morgan fingerprint density at radius 2 is 1.95 bits per heavy atom. The third-order valence-electron chi connectivity index (χ3n) is 4.72. The van der Waals surface area contributed by atoms with Gasteiger partial charge in [-0.05, 0) is 32.9 Å². The Labute approximate surface area is 123 Å². The molecule has 2 nitrogen and oxygen atoms in total. The molecule has 1 aromatic rings. The van der Waals surface area contributed by atoms with Crippen LogP contribution in [0, 0.1) is 5.82 Å². The highest BCUT2D eigenvalue weighted by molar-refractivity contribution is 5.21. The summed E-state index contributed by atoms with van der Waals surface area (Å²) in [5, 5.41) is 0. The van der Waals surface area contributed by atoms with Gasteiger partial charge in [-0.15, -0.1) is 0 Å². The van der Waals surface area contributed by atoms with Crippen molar-refractivity contribution in [3.05, 3.63) is 35.6 Å². The predicted molar refractivity (Wildman–Crippen MR) is 84.2 cm³/mol. The zero-order chi connectivity index (χ0) is 15.2. The third kappa shape index (κ3) is 3.58. The molecule has 0 fully saturated rings. The maximum atomic E-state index is 14.0. The van der Waals surface area contributed by atoms with E-state index in [1.54, 1.807) is 6.07 Å². The van der Waals surface area contributed by atoms with Gasteiger partial charge in [0.15, 0.2) is 0 Å². The number of halogens is 1. The number of rotatable bonds is 8.